The summed E-state index contributed by atoms with van der Waals surface area (Å²) in [6.07, 6.45) is 1.82. The molecule has 0 aliphatic rings. The van der Waals surface area contributed by atoms with Gasteiger partial charge < -0.3 is 10.4 Å². The smallest absolute Gasteiger partial charge is 0.322 e. The van der Waals surface area contributed by atoms with Crippen LogP contribution in [-0.2, 0) is 9.59 Å². The van der Waals surface area contributed by atoms with Gasteiger partial charge >= 0.3 is 5.97 Å². The van der Waals surface area contributed by atoms with Crippen LogP contribution < -0.4 is 5.32 Å². The molecule has 0 heterocycles. The fraction of sp³-hybridized carbons (Fsp3) is 0.273. The average Bonchev–Trinajstić information content (AvgIpc) is 2.29. The number of rotatable bonds is 5. The molecular weight excluding hydrogens is 226 g/mol. The molecule has 1 aromatic carbocycles. The van der Waals surface area contributed by atoms with E-state index < -0.39 is 5.97 Å². The van der Waals surface area contributed by atoms with Gasteiger partial charge in [0.1, 0.15) is 11.8 Å². The zero-order chi connectivity index (χ0) is 12.0. The summed E-state index contributed by atoms with van der Waals surface area (Å²) >= 11 is 1.38. The number of benzene rings is 1. The normalized spacial score (nSPS) is 11.8. The summed E-state index contributed by atoms with van der Waals surface area (Å²) in [5, 5.41) is 10.5. The second kappa shape index (κ2) is 6.17. The number of carbonyl (C=O) groups is 2. The van der Waals surface area contributed by atoms with Gasteiger partial charge in [-0.2, -0.15) is 0 Å². The van der Waals surface area contributed by atoms with Crippen molar-refractivity contribution in [1.82, 2.24) is 5.32 Å². The molecule has 1 rings (SSSR count). The van der Waals surface area contributed by atoms with Crippen molar-refractivity contribution in [3.63, 3.8) is 0 Å². The number of thioether (sulfide) groups is 1. The molecule has 5 heteroatoms. The van der Waals surface area contributed by atoms with Crippen LogP contribution in [0.15, 0.2) is 30.3 Å². The number of carboxylic acids is 1. The molecule has 4 nitrogen and oxygen atoms in total. The Labute approximate surface area is 98.0 Å². The first-order valence-electron chi connectivity index (χ1n) is 4.72. The summed E-state index contributed by atoms with van der Waals surface area (Å²) in [7, 11) is 0. The molecule has 86 valence electrons. The van der Waals surface area contributed by atoms with E-state index in [1.165, 1.54) is 11.8 Å². The van der Waals surface area contributed by atoms with Crippen LogP contribution in [0.5, 0.6) is 0 Å². The van der Waals surface area contributed by atoms with E-state index in [1.807, 2.05) is 36.6 Å². The van der Waals surface area contributed by atoms with Gasteiger partial charge in [-0.3, -0.25) is 9.59 Å². The lowest BCUT2D eigenvalue weighted by Gasteiger charge is -2.13. The van der Waals surface area contributed by atoms with Gasteiger partial charge in [0.05, 0.1) is 0 Å². The molecule has 1 aromatic rings. The van der Waals surface area contributed by atoms with Crippen LogP contribution in [0.25, 0.3) is 0 Å². The number of carboxylic acid groups (broad SMARTS) is 1. The summed E-state index contributed by atoms with van der Waals surface area (Å²) in [4.78, 5) is 22.0. The van der Waals surface area contributed by atoms with Gasteiger partial charge in [-0.1, -0.05) is 30.3 Å². The number of amides is 1. The fourth-order valence-electron chi connectivity index (χ4n) is 1.28. The van der Waals surface area contributed by atoms with Crippen molar-refractivity contribution in [2.75, 3.05) is 12.8 Å². The summed E-state index contributed by atoms with van der Waals surface area (Å²) in [6, 6.07) is 9.27. The molecular formula is C11H13NO3S. The molecule has 0 aromatic heterocycles. The molecule has 16 heavy (non-hydrogen) atoms. The van der Waals surface area contributed by atoms with Crippen LogP contribution in [0.3, 0.4) is 0 Å². The monoisotopic (exact) mass is 239 g/mol. The van der Waals surface area contributed by atoms with Gasteiger partial charge in [0.15, 0.2) is 0 Å². The van der Waals surface area contributed by atoms with Crippen molar-refractivity contribution in [3.05, 3.63) is 35.9 Å². The van der Waals surface area contributed by atoms with E-state index >= 15 is 0 Å². The lowest BCUT2D eigenvalue weighted by Crippen LogP contribution is -2.32. The Morgan fingerprint density at radius 2 is 2.00 bits per heavy atom. The second-order valence-electron chi connectivity index (χ2n) is 3.14. The molecule has 0 radical (unpaired) electrons. The predicted molar refractivity (Wildman–Crippen MR) is 63.3 cm³/mol. The minimum absolute atomic E-state index is 0.277. The van der Waals surface area contributed by atoms with Gasteiger partial charge in [0.25, 0.3) is 0 Å². The van der Waals surface area contributed by atoms with E-state index in [0.29, 0.717) is 0 Å². The van der Waals surface area contributed by atoms with Crippen LogP contribution in [0, 0.1) is 0 Å². The van der Waals surface area contributed by atoms with Crippen molar-refractivity contribution in [3.8, 4) is 0 Å². The molecule has 0 bridgehead atoms. The third-order valence-corrected chi connectivity index (χ3v) is 2.95. The largest absolute Gasteiger partial charge is 0.480 e. The molecule has 2 N–H and O–H groups in total. The average molecular weight is 239 g/mol. The number of hydrogen-bond donors (Lipinski definition) is 2. The Bertz CT molecular complexity index is 367. The summed E-state index contributed by atoms with van der Waals surface area (Å²) < 4.78 is 0. The van der Waals surface area contributed by atoms with E-state index in [9.17, 15) is 9.59 Å². The number of hydrogen-bond acceptors (Lipinski definition) is 3. The number of nitrogens with one attached hydrogen (secondary N) is 1. The summed E-state index contributed by atoms with van der Waals surface area (Å²) in [6.45, 7) is -0.345. The van der Waals surface area contributed by atoms with Gasteiger partial charge in [0.2, 0.25) is 5.91 Å². The van der Waals surface area contributed by atoms with Crippen LogP contribution >= 0.6 is 11.8 Å². The van der Waals surface area contributed by atoms with Crippen molar-refractivity contribution >= 4 is 23.6 Å². The Morgan fingerprint density at radius 3 is 2.50 bits per heavy atom. The van der Waals surface area contributed by atoms with Crippen molar-refractivity contribution in [2.45, 2.75) is 5.25 Å². The van der Waals surface area contributed by atoms with Crippen molar-refractivity contribution < 1.29 is 14.7 Å². The topological polar surface area (TPSA) is 66.4 Å². The summed E-state index contributed by atoms with van der Waals surface area (Å²) in [5.74, 6) is -1.32. The highest BCUT2D eigenvalue weighted by Crippen LogP contribution is 2.26. The first-order valence-corrected chi connectivity index (χ1v) is 6.01. The molecule has 1 amide bonds. The van der Waals surface area contributed by atoms with Crippen molar-refractivity contribution in [1.29, 1.82) is 0 Å². The van der Waals surface area contributed by atoms with E-state index in [2.05, 4.69) is 5.32 Å². The van der Waals surface area contributed by atoms with E-state index in [0.717, 1.165) is 5.56 Å². The SMILES string of the molecule is CSC(C(=O)NCC(=O)O)c1ccccc1. The number of aliphatic carboxylic acids is 1. The number of carbonyl (C=O) groups excluding carboxylic acids is 1. The Balaban J connectivity index is 2.68. The van der Waals surface area contributed by atoms with Gasteiger partial charge in [-0.05, 0) is 11.8 Å². The van der Waals surface area contributed by atoms with Gasteiger partial charge in [-0.25, -0.2) is 0 Å². The fourth-order valence-corrected chi connectivity index (χ4v) is 2.00. The van der Waals surface area contributed by atoms with Crippen LogP contribution in [0.2, 0.25) is 0 Å². The highest BCUT2D eigenvalue weighted by atomic mass is 32.2. The lowest BCUT2D eigenvalue weighted by atomic mass is 10.1. The Kier molecular flexibility index (Phi) is 4.85. The third kappa shape index (κ3) is 3.58. The maximum Gasteiger partial charge on any atom is 0.322 e. The van der Waals surface area contributed by atoms with Crippen LogP contribution in [0.4, 0.5) is 0 Å². The molecule has 0 aliphatic carbocycles. The molecule has 1 unspecified atom stereocenters. The van der Waals surface area contributed by atoms with E-state index in [1.54, 1.807) is 0 Å². The molecule has 0 spiro atoms. The van der Waals surface area contributed by atoms with Crippen LogP contribution in [0.1, 0.15) is 10.8 Å². The quantitative estimate of drug-likeness (QED) is 0.812. The first kappa shape index (κ1) is 12.6. The maximum atomic E-state index is 11.7. The molecule has 1 atom stereocenters. The zero-order valence-electron chi connectivity index (χ0n) is 8.84. The van der Waals surface area contributed by atoms with E-state index in [-0.39, 0.29) is 17.7 Å². The van der Waals surface area contributed by atoms with Gasteiger partial charge in [0, 0.05) is 0 Å². The highest BCUT2D eigenvalue weighted by Gasteiger charge is 2.19. The molecule has 0 saturated carbocycles. The minimum atomic E-state index is -1.04. The Hall–Kier alpha value is -1.49. The summed E-state index contributed by atoms with van der Waals surface area (Å²) in [5.41, 5.74) is 0.873. The van der Waals surface area contributed by atoms with E-state index in [4.69, 9.17) is 5.11 Å². The van der Waals surface area contributed by atoms with Gasteiger partial charge in [-0.15, -0.1) is 11.8 Å². The molecule has 0 saturated heterocycles. The third-order valence-electron chi connectivity index (χ3n) is 1.99. The predicted octanol–water partition coefficient (Wildman–Crippen LogP) is 1.29. The minimum Gasteiger partial charge on any atom is -0.480 e. The lowest BCUT2D eigenvalue weighted by molar-refractivity contribution is -0.137. The van der Waals surface area contributed by atoms with Crippen LogP contribution in [-0.4, -0.2) is 29.8 Å². The molecule has 0 fully saturated rings. The molecule has 0 aliphatic heterocycles. The highest BCUT2D eigenvalue weighted by molar-refractivity contribution is 7.99. The second-order valence-corrected chi connectivity index (χ2v) is 4.08. The van der Waals surface area contributed by atoms with Crippen molar-refractivity contribution in [2.24, 2.45) is 0 Å². The Morgan fingerprint density at radius 1 is 1.38 bits per heavy atom. The standard InChI is InChI=1S/C11H13NO3S/c1-16-10(8-5-3-2-4-6-8)11(15)12-7-9(13)14/h2-6,10H,7H2,1H3,(H,12,15)(H,13,14). The zero-order valence-corrected chi connectivity index (χ0v) is 9.66. The first-order chi connectivity index (χ1) is 7.65. The maximum absolute atomic E-state index is 11.7.